The van der Waals surface area contributed by atoms with Gasteiger partial charge in [0, 0.05) is 6.54 Å². The summed E-state index contributed by atoms with van der Waals surface area (Å²) in [7, 11) is 1.44. The monoisotopic (exact) mass is 317 g/mol. The number of rotatable bonds is 5. The van der Waals surface area contributed by atoms with Crippen molar-refractivity contribution in [1.82, 2.24) is 5.32 Å². The number of aromatic carboxylic acids is 1. The molecular weight excluding hydrogens is 293 g/mol. The Bertz CT molecular complexity index is 592. The van der Waals surface area contributed by atoms with Gasteiger partial charge in [0.1, 0.15) is 0 Å². The minimum absolute atomic E-state index is 0.271. The maximum atomic E-state index is 10.9. The molecule has 0 bridgehead atoms. The van der Waals surface area contributed by atoms with Gasteiger partial charge < -0.3 is 19.7 Å². The average molecular weight is 317 g/mol. The Morgan fingerprint density at radius 1 is 1.17 bits per heavy atom. The lowest BCUT2D eigenvalue weighted by molar-refractivity contribution is 0.00578. The first-order chi connectivity index (χ1) is 10.7. The molecule has 6 heteroatoms. The van der Waals surface area contributed by atoms with Crippen molar-refractivity contribution in [3.8, 4) is 0 Å². The van der Waals surface area contributed by atoms with Crippen molar-refractivity contribution in [1.29, 1.82) is 0 Å². The fourth-order valence-electron chi connectivity index (χ4n) is 2.34. The standard InChI is InChI=1S/C17H24BNO4/c1-16(2)17(3,4)23-18(22-16)14(11-19-5)10-12-6-8-13(9-7-12)15(20)21/h6-10,19H,11H2,1-5H3,(H,20,21). The summed E-state index contributed by atoms with van der Waals surface area (Å²) in [4.78, 5) is 10.9. The minimum atomic E-state index is -0.929. The van der Waals surface area contributed by atoms with E-state index < -0.39 is 24.3 Å². The lowest BCUT2D eigenvalue weighted by Crippen LogP contribution is -2.41. The van der Waals surface area contributed by atoms with Gasteiger partial charge in [-0.25, -0.2) is 4.79 Å². The molecule has 1 aliphatic heterocycles. The lowest BCUT2D eigenvalue weighted by Gasteiger charge is -2.32. The van der Waals surface area contributed by atoms with Crippen LogP contribution in [0.5, 0.6) is 0 Å². The zero-order valence-electron chi connectivity index (χ0n) is 14.3. The van der Waals surface area contributed by atoms with Crippen molar-refractivity contribution in [2.75, 3.05) is 13.6 Å². The third kappa shape index (κ3) is 3.83. The van der Waals surface area contributed by atoms with E-state index in [1.54, 1.807) is 24.3 Å². The van der Waals surface area contributed by atoms with Gasteiger partial charge in [0.2, 0.25) is 0 Å². The van der Waals surface area contributed by atoms with E-state index in [0.29, 0.717) is 6.54 Å². The van der Waals surface area contributed by atoms with E-state index in [2.05, 4.69) is 5.32 Å². The van der Waals surface area contributed by atoms with Crippen LogP contribution in [-0.2, 0) is 9.31 Å². The predicted molar refractivity (Wildman–Crippen MR) is 91.4 cm³/mol. The smallest absolute Gasteiger partial charge is 0.478 e. The van der Waals surface area contributed by atoms with Crippen LogP contribution in [0.3, 0.4) is 0 Å². The highest BCUT2D eigenvalue weighted by Crippen LogP contribution is 2.38. The second-order valence-corrected chi connectivity index (χ2v) is 6.76. The van der Waals surface area contributed by atoms with E-state index in [9.17, 15) is 4.79 Å². The van der Waals surface area contributed by atoms with Gasteiger partial charge in [-0.2, -0.15) is 0 Å². The molecule has 0 aliphatic carbocycles. The van der Waals surface area contributed by atoms with Gasteiger partial charge in [-0.05, 0) is 57.9 Å². The SMILES string of the molecule is CNCC(=Cc1ccc(C(=O)O)cc1)B1OC(C)(C)C(C)(C)O1. The summed E-state index contributed by atoms with van der Waals surface area (Å²) in [5.74, 6) is -0.929. The molecule has 2 N–H and O–H groups in total. The summed E-state index contributed by atoms with van der Waals surface area (Å²) in [6, 6.07) is 6.75. The molecule has 0 aromatic heterocycles. The van der Waals surface area contributed by atoms with Crippen molar-refractivity contribution in [2.24, 2.45) is 0 Å². The van der Waals surface area contributed by atoms with Gasteiger partial charge in [0.05, 0.1) is 16.8 Å². The van der Waals surface area contributed by atoms with Gasteiger partial charge >= 0.3 is 13.1 Å². The molecule has 0 saturated carbocycles. The van der Waals surface area contributed by atoms with E-state index in [1.807, 2.05) is 40.8 Å². The first-order valence-electron chi connectivity index (χ1n) is 7.70. The Kier molecular flexibility index (Phi) is 4.99. The van der Waals surface area contributed by atoms with E-state index in [1.165, 1.54) is 0 Å². The average Bonchev–Trinajstić information content (AvgIpc) is 2.67. The molecule has 1 heterocycles. The summed E-state index contributed by atoms with van der Waals surface area (Å²) in [6.45, 7) is 8.70. The summed E-state index contributed by atoms with van der Waals surface area (Å²) in [5, 5.41) is 12.1. The number of carboxylic acids is 1. The molecule has 1 fully saturated rings. The summed E-state index contributed by atoms with van der Waals surface area (Å²) < 4.78 is 12.2. The zero-order chi connectivity index (χ0) is 17.3. The molecule has 1 saturated heterocycles. The first-order valence-corrected chi connectivity index (χ1v) is 7.70. The molecule has 0 atom stereocenters. The molecule has 0 spiro atoms. The van der Waals surface area contributed by atoms with Gasteiger partial charge in [-0.1, -0.05) is 18.2 Å². The van der Waals surface area contributed by atoms with Crippen molar-refractivity contribution in [2.45, 2.75) is 38.9 Å². The summed E-state index contributed by atoms with van der Waals surface area (Å²) >= 11 is 0. The Labute approximate surface area is 137 Å². The number of hydrogen-bond acceptors (Lipinski definition) is 4. The minimum Gasteiger partial charge on any atom is -0.478 e. The molecule has 0 radical (unpaired) electrons. The third-order valence-electron chi connectivity index (χ3n) is 4.45. The maximum Gasteiger partial charge on any atom is 0.491 e. The lowest BCUT2D eigenvalue weighted by atomic mass is 9.77. The van der Waals surface area contributed by atoms with Crippen molar-refractivity contribution in [3.05, 3.63) is 40.9 Å². The van der Waals surface area contributed by atoms with Crippen LogP contribution in [0.15, 0.2) is 29.7 Å². The molecule has 1 aliphatic rings. The van der Waals surface area contributed by atoms with Gasteiger partial charge in [0.15, 0.2) is 0 Å². The number of hydrogen-bond donors (Lipinski definition) is 2. The highest BCUT2D eigenvalue weighted by Gasteiger charge is 2.52. The van der Waals surface area contributed by atoms with E-state index in [0.717, 1.165) is 11.0 Å². The normalized spacial score (nSPS) is 19.9. The molecule has 0 amide bonds. The Morgan fingerprint density at radius 3 is 2.13 bits per heavy atom. The first kappa shape index (κ1) is 17.7. The molecule has 2 rings (SSSR count). The van der Waals surface area contributed by atoms with Gasteiger partial charge in [-0.3, -0.25) is 0 Å². The third-order valence-corrected chi connectivity index (χ3v) is 4.45. The molecule has 1 aromatic rings. The van der Waals surface area contributed by atoms with Crippen molar-refractivity contribution >= 4 is 19.2 Å². The molecule has 0 unspecified atom stereocenters. The highest BCUT2D eigenvalue weighted by atomic mass is 16.7. The van der Waals surface area contributed by atoms with Crippen molar-refractivity contribution < 1.29 is 19.2 Å². The molecule has 124 valence electrons. The topological polar surface area (TPSA) is 67.8 Å². The van der Waals surface area contributed by atoms with E-state index in [4.69, 9.17) is 14.4 Å². The predicted octanol–water partition coefficient (Wildman–Crippen LogP) is 2.62. The quantitative estimate of drug-likeness (QED) is 0.817. The van der Waals surface area contributed by atoms with Crippen LogP contribution in [0.25, 0.3) is 6.08 Å². The number of carbonyl (C=O) groups is 1. The maximum absolute atomic E-state index is 10.9. The number of likely N-dealkylation sites (N-methyl/N-ethyl adjacent to an activating group) is 1. The van der Waals surface area contributed by atoms with Crippen LogP contribution in [-0.4, -0.2) is 43.0 Å². The van der Waals surface area contributed by atoms with Crippen LogP contribution in [0.4, 0.5) is 0 Å². The van der Waals surface area contributed by atoms with Gasteiger partial charge in [0.25, 0.3) is 0 Å². The Morgan fingerprint density at radius 2 is 1.70 bits per heavy atom. The summed E-state index contributed by atoms with van der Waals surface area (Å²) in [6.07, 6.45) is 1.98. The van der Waals surface area contributed by atoms with Gasteiger partial charge in [-0.15, -0.1) is 0 Å². The Balaban J connectivity index is 2.26. The van der Waals surface area contributed by atoms with Crippen LogP contribution in [0, 0.1) is 0 Å². The second-order valence-electron chi connectivity index (χ2n) is 6.76. The second kappa shape index (κ2) is 6.47. The highest BCUT2D eigenvalue weighted by molar-refractivity contribution is 6.55. The zero-order valence-corrected chi connectivity index (χ0v) is 14.3. The molecule has 5 nitrogen and oxygen atoms in total. The number of benzene rings is 1. The van der Waals surface area contributed by atoms with Crippen LogP contribution in [0.1, 0.15) is 43.6 Å². The summed E-state index contributed by atoms with van der Waals surface area (Å²) in [5.41, 5.74) is 1.37. The fourth-order valence-corrected chi connectivity index (χ4v) is 2.34. The number of nitrogens with one attached hydrogen (secondary N) is 1. The van der Waals surface area contributed by atoms with E-state index in [-0.39, 0.29) is 5.56 Å². The largest absolute Gasteiger partial charge is 0.491 e. The fraction of sp³-hybridized carbons (Fsp3) is 0.471. The van der Waals surface area contributed by atoms with Crippen LogP contribution in [0.2, 0.25) is 0 Å². The van der Waals surface area contributed by atoms with Crippen molar-refractivity contribution in [3.63, 3.8) is 0 Å². The van der Waals surface area contributed by atoms with Crippen LogP contribution < -0.4 is 5.32 Å². The molecule has 23 heavy (non-hydrogen) atoms. The Hall–Kier alpha value is -1.63. The molecule has 1 aromatic carbocycles. The van der Waals surface area contributed by atoms with E-state index >= 15 is 0 Å². The number of carboxylic acid groups (broad SMARTS) is 1. The molecular formula is C17H24BNO4. The van der Waals surface area contributed by atoms with Crippen LogP contribution >= 0.6 is 0 Å².